The Balaban J connectivity index is 2.18. The number of hydrogen-bond acceptors (Lipinski definition) is 5. The number of nitrogens with one attached hydrogen (secondary N) is 2. The fraction of sp³-hybridized carbons (Fsp3) is 0.636. The van der Waals surface area contributed by atoms with Crippen molar-refractivity contribution >= 4 is 11.8 Å². The number of aromatic nitrogens is 2. The molecule has 1 aliphatic carbocycles. The lowest BCUT2D eigenvalue weighted by atomic mass is 9.87. The molecule has 0 aromatic carbocycles. The molecule has 0 amide bonds. The van der Waals surface area contributed by atoms with Crippen LogP contribution in [0.25, 0.3) is 0 Å². The van der Waals surface area contributed by atoms with Gasteiger partial charge in [-0.15, -0.1) is 0 Å². The predicted octanol–water partition coefficient (Wildman–Crippen LogP) is 1.89. The standard InChI is InChI=1S/C11H18FN5/c1-11(2)5-3-4-8(11)15-9-7(12)6-14-10(16-9)17-13/h6,8H,3-5,13H2,1-2H3,(H2,14,15,16,17). The number of halogens is 1. The Bertz CT molecular complexity index is 407. The maximum absolute atomic E-state index is 13.6. The van der Waals surface area contributed by atoms with E-state index in [1.807, 2.05) is 0 Å². The molecule has 1 saturated carbocycles. The van der Waals surface area contributed by atoms with Crippen LogP contribution in [0.15, 0.2) is 6.20 Å². The second-order valence-electron chi connectivity index (χ2n) is 5.11. The Labute approximate surface area is 100.0 Å². The average molecular weight is 239 g/mol. The number of hydrazine groups is 1. The van der Waals surface area contributed by atoms with E-state index >= 15 is 0 Å². The van der Waals surface area contributed by atoms with Crippen molar-refractivity contribution in [2.75, 3.05) is 10.7 Å². The third-order valence-corrected chi connectivity index (χ3v) is 3.44. The third kappa shape index (κ3) is 2.46. The maximum Gasteiger partial charge on any atom is 0.239 e. The number of nitrogen functional groups attached to an aromatic ring is 1. The molecule has 0 radical (unpaired) electrons. The molecule has 17 heavy (non-hydrogen) atoms. The molecule has 2 rings (SSSR count). The molecule has 1 fully saturated rings. The smallest absolute Gasteiger partial charge is 0.239 e. The highest BCUT2D eigenvalue weighted by Gasteiger charge is 2.35. The summed E-state index contributed by atoms with van der Waals surface area (Å²) >= 11 is 0. The molecule has 4 N–H and O–H groups in total. The lowest BCUT2D eigenvalue weighted by Crippen LogP contribution is -2.31. The number of hydrogen-bond donors (Lipinski definition) is 3. The first-order valence-corrected chi connectivity index (χ1v) is 5.78. The number of rotatable bonds is 3. The van der Waals surface area contributed by atoms with Crippen molar-refractivity contribution in [3.63, 3.8) is 0 Å². The summed E-state index contributed by atoms with van der Waals surface area (Å²) in [5.74, 6) is 5.18. The summed E-state index contributed by atoms with van der Waals surface area (Å²) in [5.41, 5.74) is 2.47. The van der Waals surface area contributed by atoms with E-state index in [0.29, 0.717) is 0 Å². The van der Waals surface area contributed by atoms with E-state index in [9.17, 15) is 4.39 Å². The van der Waals surface area contributed by atoms with E-state index < -0.39 is 5.82 Å². The van der Waals surface area contributed by atoms with Crippen LogP contribution < -0.4 is 16.6 Å². The van der Waals surface area contributed by atoms with Gasteiger partial charge in [0.05, 0.1) is 6.20 Å². The zero-order valence-corrected chi connectivity index (χ0v) is 10.1. The molecule has 0 saturated heterocycles. The second-order valence-corrected chi connectivity index (χ2v) is 5.11. The van der Waals surface area contributed by atoms with Crippen LogP contribution in [-0.4, -0.2) is 16.0 Å². The topological polar surface area (TPSA) is 75.9 Å². The largest absolute Gasteiger partial charge is 0.364 e. The zero-order chi connectivity index (χ0) is 12.5. The van der Waals surface area contributed by atoms with Gasteiger partial charge in [0.1, 0.15) is 0 Å². The van der Waals surface area contributed by atoms with Gasteiger partial charge < -0.3 is 5.32 Å². The average Bonchev–Trinajstić information content (AvgIpc) is 2.61. The molecule has 6 heteroatoms. The monoisotopic (exact) mass is 239 g/mol. The lowest BCUT2D eigenvalue weighted by molar-refractivity contribution is 0.348. The molecule has 1 heterocycles. The van der Waals surface area contributed by atoms with Crippen molar-refractivity contribution in [2.45, 2.75) is 39.2 Å². The van der Waals surface area contributed by atoms with Gasteiger partial charge in [-0.2, -0.15) is 4.98 Å². The van der Waals surface area contributed by atoms with E-state index in [-0.39, 0.29) is 23.2 Å². The van der Waals surface area contributed by atoms with Crippen molar-refractivity contribution in [3.05, 3.63) is 12.0 Å². The van der Waals surface area contributed by atoms with E-state index in [4.69, 9.17) is 5.84 Å². The molecule has 94 valence electrons. The van der Waals surface area contributed by atoms with Gasteiger partial charge in [0, 0.05) is 6.04 Å². The van der Waals surface area contributed by atoms with Crippen LogP contribution in [0.5, 0.6) is 0 Å². The fourth-order valence-corrected chi connectivity index (χ4v) is 2.30. The van der Waals surface area contributed by atoms with Crippen molar-refractivity contribution in [1.29, 1.82) is 0 Å². The van der Waals surface area contributed by atoms with Gasteiger partial charge in [0.15, 0.2) is 11.6 Å². The molecule has 1 aliphatic rings. The van der Waals surface area contributed by atoms with Crippen molar-refractivity contribution in [2.24, 2.45) is 11.3 Å². The lowest BCUT2D eigenvalue weighted by Gasteiger charge is -2.28. The molecule has 1 aromatic heterocycles. The molecular weight excluding hydrogens is 221 g/mol. The fourth-order valence-electron chi connectivity index (χ4n) is 2.30. The summed E-state index contributed by atoms with van der Waals surface area (Å²) in [7, 11) is 0. The summed E-state index contributed by atoms with van der Waals surface area (Å²) in [6.45, 7) is 4.36. The first-order valence-electron chi connectivity index (χ1n) is 5.78. The van der Waals surface area contributed by atoms with Gasteiger partial charge in [0.2, 0.25) is 5.95 Å². The highest BCUT2D eigenvalue weighted by molar-refractivity contribution is 5.42. The molecular formula is C11H18FN5. The van der Waals surface area contributed by atoms with Crippen molar-refractivity contribution in [1.82, 2.24) is 9.97 Å². The van der Waals surface area contributed by atoms with Gasteiger partial charge in [-0.3, -0.25) is 5.43 Å². The summed E-state index contributed by atoms with van der Waals surface area (Å²) < 4.78 is 13.6. The normalized spacial score (nSPS) is 22.5. The first-order chi connectivity index (χ1) is 8.03. The van der Waals surface area contributed by atoms with Gasteiger partial charge in [-0.25, -0.2) is 15.2 Å². The predicted molar refractivity (Wildman–Crippen MR) is 64.8 cm³/mol. The van der Waals surface area contributed by atoms with Crippen LogP contribution in [0, 0.1) is 11.2 Å². The Morgan fingerprint density at radius 2 is 2.29 bits per heavy atom. The van der Waals surface area contributed by atoms with E-state index in [2.05, 4.69) is 34.6 Å². The summed E-state index contributed by atoms with van der Waals surface area (Å²) in [6, 6.07) is 0.234. The summed E-state index contributed by atoms with van der Waals surface area (Å²) in [5, 5.41) is 3.15. The van der Waals surface area contributed by atoms with Crippen LogP contribution in [0.1, 0.15) is 33.1 Å². The van der Waals surface area contributed by atoms with E-state index in [0.717, 1.165) is 25.5 Å². The Hall–Kier alpha value is -1.43. The summed E-state index contributed by atoms with van der Waals surface area (Å²) in [6.07, 6.45) is 4.44. The molecule has 0 spiro atoms. The summed E-state index contributed by atoms with van der Waals surface area (Å²) in [4.78, 5) is 7.69. The maximum atomic E-state index is 13.6. The minimum Gasteiger partial charge on any atom is -0.364 e. The minimum atomic E-state index is -0.452. The molecule has 1 aromatic rings. The molecule has 5 nitrogen and oxygen atoms in total. The Morgan fingerprint density at radius 1 is 1.53 bits per heavy atom. The van der Waals surface area contributed by atoms with Crippen LogP contribution >= 0.6 is 0 Å². The molecule has 0 aliphatic heterocycles. The quantitative estimate of drug-likeness (QED) is 0.554. The first kappa shape index (κ1) is 12.0. The Kier molecular flexibility index (Phi) is 3.15. The number of nitrogens with two attached hydrogens (primary N) is 1. The number of anilines is 2. The van der Waals surface area contributed by atoms with Gasteiger partial charge in [-0.1, -0.05) is 20.3 Å². The van der Waals surface area contributed by atoms with Gasteiger partial charge in [0.25, 0.3) is 0 Å². The second kappa shape index (κ2) is 4.44. The molecule has 0 bridgehead atoms. The minimum absolute atomic E-state index is 0.160. The van der Waals surface area contributed by atoms with E-state index in [1.54, 1.807) is 0 Å². The van der Waals surface area contributed by atoms with Crippen molar-refractivity contribution in [3.8, 4) is 0 Å². The highest BCUT2D eigenvalue weighted by atomic mass is 19.1. The van der Waals surface area contributed by atoms with E-state index in [1.165, 1.54) is 0 Å². The molecule has 1 atom stereocenters. The van der Waals surface area contributed by atoms with Crippen LogP contribution in [0.4, 0.5) is 16.2 Å². The van der Waals surface area contributed by atoms with Crippen LogP contribution in [0.3, 0.4) is 0 Å². The van der Waals surface area contributed by atoms with Gasteiger partial charge >= 0.3 is 0 Å². The SMILES string of the molecule is CC1(C)CCCC1Nc1nc(NN)ncc1F. The third-order valence-electron chi connectivity index (χ3n) is 3.44. The molecule has 1 unspecified atom stereocenters. The van der Waals surface area contributed by atoms with Crippen LogP contribution in [0.2, 0.25) is 0 Å². The number of nitrogens with zero attached hydrogens (tertiary/aromatic N) is 2. The van der Waals surface area contributed by atoms with Gasteiger partial charge in [-0.05, 0) is 18.3 Å². The zero-order valence-electron chi connectivity index (χ0n) is 10.1. The van der Waals surface area contributed by atoms with Crippen LogP contribution in [-0.2, 0) is 0 Å². The highest BCUT2D eigenvalue weighted by Crippen LogP contribution is 2.39. The Morgan fingerprint density at radius 3 is 2.88 bits per heavy atom. The van der Waals surface area contributed by atoms with Crippen molar-refractivity contribution < 1.29 is 4.39 Å².